The summed E-state index contributed by atoms with van der Waals surface area (Å²) in [5.41, 5.74) is 1.31. The van der Waals surface area contributed by atoms with Crippen LogP contribution in [0.4, 0.5) is 0 Å². The van der Waals surface area contributed by atoms with Gasteiger partial charge in [-0.15, -0.1) is 16.4 Å². The van der Waals surface area contributed by atoms with Gasteiger partial charge in [-0.3, -0.25) is 5.10 Å². The highest BCUT2D eigenvalue weighted by molar-refractivity contribution is 7.98. The topological polar surface area (TPSA) is 41.6 Å². The average molecular weight is 323 g/mol. The molecular weight excluding hydrogens is 310 g/mol. The maximum absolute atomic E-state index is 4.55. The zero-order valence-electron chi connectivity index (χ0n) is 11.7. The number of hydrogen-bond donors (Lipinski definition) is 1. The Morgan fingerprint density at radius 1 is 1.00 bits per heavy atom. The number of H-pyrrole nitrogens is 1. The van der Waals surface area contributed by atoms with E-state index in [1.165, 1.54) is 16.3 Å². The van der Waals surface area contributed by atoms with E-state index in [-0.39, 0.29) is 0 Å². The second-order valence-electron chi connectivity index (χ2n) is 4.87. The van der Waals surface area contributed by atoms with Crippen molar-refractivity contribution in [1.29, 1.82) is 0 Å². The van der Waals surface area contributed by atoms with E-state index in [0.29, 0.717) is 0 Å². The minimum atomic E-state index is 0.788. The summed E-state index contributed by atoms with van der Waals surface area (Å²) in [4.78, 5) is 5.67. The van der Waals surface area contributed by atoms with Gasteiger partial charge in [0.25, 0.3) is 0 Å². The van der Waals surface area contributed by atoms with Crippen molar-refractivity contribution in [3.05, 3.63) is 65.5 Å². The predicted molar refractivity (Wildman–Crippen MR) is 93.2 cm³/mol. The number of nitrogens with zero attached hydrogens (tertiary/aromatic N) is 2. The second kappa shape index (κ2) is 5.94. The first kappa shape index (κ1) is 13.5. The number of benzene rings is 2. The van der Waals surface area contributed by atoms with Crippen molar-refractivity contribution >= 4 is 33.9 Å². The standard InChI is InChI=1S/C17H13N3S2/c1-2-8-14-12(5-1)6-3-7-13(14)11-22-17-18-16(19-20-17)15-9-4-10-21-15/h1-10H,11H2,(H,18,19,20). The number of hydrogen-bond acceptors (Lipinski definition) is 4. The summed E-state index contributed by atoms with van der Waals surface area (Å²) >= 11 is 3.32. The smallest absolute Gasteiger partial charge is 0.209 e. The van der Waals surface area contributed by atoms with Gasteiger partial charge in [-0.25, -0.2) is 4.98 Å². The summed E-state index contributed by atoms with van der Waals surface area (Å²) in [6, 6.07) is 18.9. The molecule has 0 saturated heterocycles. The van der Waals surface area contributed by atoms with Crippen molar-refractivity contribution < 1.29 is 0 Å². The third-order valence-corrected chi connectivity index (χ3v) is 5.23. The number of thiophene rings is 1. The zero-order chi connectivity index (χ0) is 14.8. The number of rotatable bonds is 4. The van der Waals surface area contributed by atoms with E-state index < -0.39 is 0 Å². The van der Waals surface area contributed by atoms with Crippen LogP contribution in [-0.2, 0) is 5.75 Å². The highest BCUT2D eigenvalue weighted by atomic mass is 32.2. The molecule has 4 rings (SSSR count). The summed E-state index contributed by atoms with van der Waals surface area (Å²) in [7, 11) is 0. The SMILES string of the molecule is c1csc(-c2nc(SCc3cccc4ccccc34)n[nH]2)c1. The van der Waals surface area contributed by atoms with Crippen LogP contribution in [0.1, 0.15) is 5.56 Å². The van der Waals surface area contributed by atoms with Crippen molar-refractivity contribution in [3.8, 4) is 10.7 Å². The molecular formula is C17H13N3S2. The lowest BCUT2D eigenvalue weighted by atomic mass is 10.1. The first-order valence-corrected chi connectivity index (χ1v) is 8.82. The molecule has 1 N–H and O–H groups in total. The van der Waals surface area contributed by atoms with Crippen molar-refractivity contribution in [2.75, 3.05) is 0 Å². The van der Waals surface area contributed by atoms with Crippen LogP contribution in [0.3, 0.4) is 0 Å². The number of nitrogens with one attached hydrogen (secondary N) is 1. The van der Waals surface area contributed by atoms with Crippen LogP contribution < -0.4 is 0 Å². The van der Waals surface area contributed by atoms with Gasteiger partial charge in [0.2, 0.25) is 5.16 Å². The fourth-order valence-electron chi connectivity index (χ4n) is 2.40. The maximum atomic E-state index is 4.55. The minimum Gasteiger partial charge on any atom is -0.257 e. The Hall–Kier alpha value is -2.11. The molecule has 0 bridgehead atoms. The number of fused-ring (bicyclic) bond motifs is 1. The first-order chi connectivity index (χ1) is 10.9. The Morgan fingerprint density at radius 3 is 2.82 bits per heavy atom. The molecule has 0 radical (unpaired) electrons. The van der Waals surface area contributed by atoms with E-state index in [9.17, 15) is 0 Å². The quantitative estimate of drug-likeness (QED) is 0.539. The van der Waals surface area contributed by atoms with E-state index in [1.807, 2.05) is 17.5 Å². The van der Waals surface area contributed by atoms with Crippen LogP contribution >= 0.6 is 23.1 Å². The van der Waals surface area contributed by atoms with Crippen molar-refractivity contribution in [1.82, 2.24) is 15.2 Å². The molecule has 2 aromatic carbocycles. The van der Waals surface area contributed by atoms with Gasteiger partial charge in [-0.2, -0.15) is 0 Å². The fourth-order valence-corrected chi connectivity index (χ4v) is 3.86. The second-order valence-corrected chi connectivity index (χ2v) is 6.76. The Balaban J connectivity index is 1.55. The van der Waals surface area contributed by atoms with Gasteiger partial charge in [-0.05, 0) is 27.8 Å². The first-order valence-electron chi connectivity index (χ1n) is 6.96. The fraction of sp³-hybridized carbons (Fsp3) is 0.0588. The maximum Gasteiger partial charge on any atom is 0.209 e. The number of aromatic amines is 1. The summed E-state index contributed by atoms with van der Waals surface area (Å²) < 4.78 is 0. The van der Waals surface area contributed by atoms with E-state index in [0.717, 1.165) is 21.6 Å². The van der Waals surface area contributed by atoms with E-state index in [4.69, 9.17) is 0 Å². The number of thioether (sulfide) groups is 1. The van der Waals surface area contributed by atoms with Crippen LogP contribution in [0.25, 0.3) is 21.5 Å². The van der Waals surface area contributed by atoms with E-state index >= 15 is 0 Å². The molecule has 0 aliphatic rings. The van der Waals surface area contributed by atoms with Crippen LogP contribution in [0.2, 0.25) is 0 Å². The molecule has 5 heteroatoms. The lowest BCUT2D eigenvalue weighted by molar-refractivity contribution is 0.973. The average Bonchev–Trinajstić information content (AvgIpc) is 3.24. The Kier molecular flexibility index (Phi) is 3.66. The molecule has 2 heterocycles. The highest BCUT2D eigenvalue weighted by Gasteiger charge is 2.08. The zero-order valence-corrected chi connectivity index (χ0v) is 13.3. The normalized spacial score (nSPS) is 11.1. The monoisotopic (exact) mass is 323 g/mol. The summed E-state index contributed by atoms with van der Waals surface area (Å²) in [6.07, 6.45) is 0. The number of aromatic nitrogens is 3. The van der Waals surface area contributed by atoms with Gasteiger partial charge in [0.1, 0.15) is 0 Å². The Morgan fingerprint density at radius 2 is 1.91 bits per heavy atom. The molecule has 0 atom stereocenters. The molecule has 0 aliphatic carbocycles. The van der Waals surface area contributed by atoms with Gasteiger partial charge in [-0.1, -0.05) is 60.3 Å². The van der Waals surface area contributed by atoms with Crippen molar-refractivity contribution in [2.24, 2.45) is 0 Å². The van der Waals surface area contributed by atoms with Crippen LogP contribution in [0, 0.1) is 0 Å². The van der Waals surface area contributed by atoms with Gasteiger partial charge in [0.15, 0.2) is 5.82 Å². The molecule has 0 spiro atoms. The summed E-state index contributed by atoms with van der Waals surface area (Å²) in [5, 5.41) is 12.7. The molecule has 0 unspecified atom stereocenters. The molecule has 0 aliphatic heterocycles. The van der Waals surface area contributed by atoms with Crippen LogP contribution in [-0.4, -0.2) is 15.2 Å². The highest BCUT2D eigenvalue weighted by Crippen LogP contribution is 2.27. The van der Waals surface area contributed by atoms with Gasteiger partial charge in [0.05, 0.1) is 4.88 Å². The molecule has 0 amide bonds. The minimum absolute atomic E-state index is 0.788. The van der Waals surface area contributed by atoms with Crippen molar-refractivity contribution in [3.63, 3.8) is 0 Å². The Labute approximate surface area is 136 Å². The van der Waals surface area contributed by atoms with Gasteiger partial charge >= 0.3 is 0 Å². The van der Waals surface area contributed by atoms with E-state index in [2.05, 4.69) is 57.6 Å². The molecule has 3 nitrogen and oxygen atoms in total. The third-order valence-electron chi connectivity index (χ3n) is 3.46. The summed E-state index contributed by atoms with van der Waals surface area (Å²) in [6.45, 7) is 0. The van der Waals surface area contributed by atoms with Crippen LogP contribution in [0.15, 0.2) is 65.1 Å². The predicted octanol–water partition coefficient (Wildman–Crippen LogP) is 4.98. The van der Waals surface area contributed by atoms with Gasteiger partial charge < -0.3 is 0 Å². The molecule has 4 aromatic rings. The third kappa shape index (κ3) is 2.65. The largest absolute Gasteiger partial charge is 0.257 e. The molecule has 0 saturated carbocycles. The molecule has 108 valence electrons. The van der Waals surface area contributed by atoms with Crippen LogP contribution in [0.5, 0.6) is 0 Å². The lowest BCUT2D eigenvalue weighted by Crippen LogP contribution is -1.85. The molecule has 22 heavy (non-hydrogen) atoms. The lowest BCUT2D eigenvalue weighted by Gasteiger charge is -2.04. The molecule has 0 fully saturated rings. The van der Waals surface area contributed by atoms with Gasteiger partial charge in [0, 0.05) is 5.75 Å². The van der Waals surface area contributed by atoms with Crippen molar-refractivity contribution in [2.45, 2.75) is 10.9 Å². The Bertz CT molecular complexity index is 892. The van der Waals surface area contributed by atoms with E-state index in [1.54, 1.807) is 23.1 Å². The summed E-state index contributed by atoms with van der Waals surface area (Å²) in [5.74, 6) is 1.71. The molecule has 2 aromatic heterocycles.